The molecule has 3 aromatic rings. The van der Waals surface area contributed by atoms with Crippen LogP contribution in [0.1, 0.15) is 29.2 Å². The number of hydrogen-bond acceptors (Lipinski definition) is 4. The third kappa shape index (κ3) is 4.22. The largest absolute Gasteiger partial charge is 0.497 e. The van der Waals surface area contributed by atoms with Crippen LogP contribution in [0, 0.1) is 0 Å². The number of carbonyl (C=O) groups is 1. The Hall–Kier alpha value is -2.73. The van der Waals surface area contributed by atoms with Gasteiger partial charge in [-0.25, -0.2) is 4.98 Å². The number of aryl methyl sites for hydroxylation is 1. The minimum atomic E-state index is -0.00494. The zero-order valence-corrected chi connectivity index (χ0v) is 16.6. The summed E-state index contributed by atoms with van der Waals surface area (Å²) >= 11 is 1.76. The van der Waals surface area contributed by atoms with E-state index in [0.717, 1.165) is 40.0 Å². The molecule has 28 heavy (non-hydrogen) atoms. The first-order valence-corrected chi connectivity index (χ1v) is 10.4. The van der Waals surface area contributed by atoms with Crippen LogP contribution in [0.3, 0.4) is 0 Å². The first kappa shape index (κ1) is 18.6. The third-order valence-electron chi connectivity index (χ3n) is 4.93. The Morgan fingerprint density at radius 2 is 1.93 bits per heavy atom. The molecule has 0 aliphatic carbocycles. The molecule has 0 unspecified atom stereocenters. The van der Waals surface area contributed by atoms with Crippen LogP contribution in [-0.2, 0) is 17.9 Å². The summed E-state index contributed by atoms with van der Waals surface area (Å²) in [6, 6.07) is 18.1. The van der Waals surface area contributed by atoms with Crippen molar-refractivity contribution in [1.82, 2.24) is 14.9 Å². The van der Waals surface area contributed by atoms with Crippen molar-refractivity contribution in [3.8, 4) is 5.75 Å². The SMILES string of the molecule is COc1ccc([C@H](CC(=O)NCc2cn3c(n2)SCC3)c2ccccc2)cc1. The van der Waals surface area contributed by atoms with Crippen molar-refractivity contribution in [3.63, 3.8) is 0 Å². The number of benzene rings is 2. The zero-order valence-electron chi connectivity index (χ0n) is 15.8. The van der Waals surface area contributed by atoms with E-state index in [4.69, 9.17) is 4.74 Å². The minimum absolute atomic E-state index is 0.00494. The number of hydrogen-bond donors (Lipinski definition) is 1. The van der Waals surface area contributed by atoms with Gasteiger partial charge in [0, 0.05) is 30.8 Å². The summed E-state index contributed by atoms with van der Waals surface area (Å²) < 4.78 is 7.41. The van der Waals surface area contributed by atoms with Gasteiger partial charge in [0.25, 0.3) is 0 Å². The molecule has 0 bridgehead atoms. The Morgan fingerprint density at radius 3 is 2.64 bits per heavy atom. The Balaban J connectivity index is 1.45. The number of fused-ring (bicyclic) bond motifs is 1. The Kier molecular flexibility index (Phi) is 5.67. The quantitative estimate of drug-likeness (QED) is 0.663. The molecule has 144 valence electrons. The van der Waals surface area contributed by atoms with E-state index < -0.39 is 0 Å². The van der Waals surface area contributed by atoms with Gasteiger partial charge in [-0.2, -0.15) is 0 Å². The average molecular weight is 394 g/mol. The molecule has 1 atom stereocenters. The van der Waals surface area contributed by atoms with Crippen molar-refractivity contribution in [2.24, 2.45) is 0 Å². The van der Waals surface area contributed by atoms with E-state index in [1.165, 1.54) is 0 Å². The number of aromatic nitrogens is 2. The Morgan fingerprint density at radius 1 is 1.18 bits per heavy atom. The second-order valence-corrected chi connectivity index (χ2v) is 7.84. The summed E-state index contributed by atoms with van der Waals surface area (Å²) in [5.74, 6) is 1.90. The summed E-state index contributed by atoms with van der Waals surface area (Å²) in [6.07, 6.45) is 2.42. The molecule has 0 fully saturated rings. The summed E-state index contributed by atoms with van der Waals surface area (Å²) in [4.78, 5) is 17.3. The molecule has 5 nitrogen and oxygen atoms in total. The second-order valence-electron chi connectivity index (χ2n) is 6.77. The number of amides is 1. The predicted octanol–water partition coefficient (Wildman–Crippen LogP) is 3.84. The lowest BCUT2D eigenvalue weighted by Crippen LogP contribution is -2.25. The van der Waals surface area contributed by atoms with Crippen LogP contribution in [0.2, 0.25) is 0 Å². The first-order valence-electron chi connectivity index (χ1n) is 9.37. The average Bonchev–Trinajstić information content (AvgIpc) is 3.33. The molecule has 1 aliphatic heterocycles. The Bertz CT molecular complexity index is 917. The summed E-state index contributed by atoms with van der Waals surface area (Å²) in [5, 5.41) is 4.08. The van der Waals surface area contributed by atoms with Gasteiger partial charge in [0.2, 0.25) is 5.91 Å². The van der Waals surface area contributed by atoms with Crippen LogP contribution in [0.4, 0.5) is 0 Å². The fourth-order valence-electron chi connectivity index (χ4n) is 3.44. The van der Waals surface area contributed by atoms with E-state index in [9.17, 15) is 4.79 Å². The lowest BCUT2D eigenvalue weighted by Gasteiger charge is -2.18. The highest BCUT2D eigenvalue weighted by Gasteiger charge is 2.19. The maximum absolute atomic E-state index is 12.7. The topological polar surface area (TPSA) is 56.1 Å². The lowest BCUT2D eigenvalue weighted by atomic mass is 9.88. The van der Waals surface area contributed by atoms with Crippen molar-refractivity contribution in [3.05, 3.63) is 77.6 Å². The maximum atomic E-state index is 12.7. The molecule has 2 heterocycles. The van der Waals surface area contributed by atoms with Gasteiger partial charge in [0.1, 0.15) is 5.75 Å². The van der Waals surface area contributed by atoms with E-state index in [-0.39, 0.29) is 11.8 Å². The van der Waals surface area contributed by atoms with Gasteiger partial charge in [-0.15, -0.1) is 0 Å². The molecule has 4 rings (SSSR count). The fourth-order valence-corrected chi connectivity index (χ4v) is 4.41. The number of nitrogens with zero attached hydrogens (tertiary/aromatic N) is 2. The molecule has 1 amide bonds. The maximum Gasteiger partial charge on any atom is 0.221 e. The van der Waals surface area contributed by atoms with Crippen LogP contribution in [-0.4, -0.2) is 28.3 Å². The van der Waals surface area contributed by atoms with Gasteiger partial charge in [-0.3, -0.25) is 4.79 Å². The smallest absolute Gasteiger partial charge is 0.221 e. The normalized spacial score (nSPS) is 13.8. The highest BCUT2D eigenvalue weighted by molar-refractivity contribution is 7.99. The standard InChI is InChI=1S/C22H23N3O2S/c1-27-19-9-7-17(8-10-19)20(16-5-3-2-4-6-16)13-21(26)23-14-18-15-25-11-12-28-22(25)24-18/h2-10,15,20H,11-14H2,1H3,(H,23,26)/t20-/m1/s1. The molecule has 6 heteroatoms. The molecular formula is C22H23N3O2S. The van der Waals surface area contributed by atoms with Gasteiger partial charge in [-0.05, 0) is 23.3 Å². The van der Waals surface area contributed by atoms with Crippen LogP contribution < -0.4 is 10.1 Å². The van der Waals surface area contributed by atoms with E-state index in [1.807, 2.05) is 48.7 Å². The lowest BCUT2D eigenvalue weighted by molar-refractivity contribution is -0.121. The Labute approximate surface area is 169 Å². The van der Waals surface area contributed by atoms with E-state index in [0.29, 0.717) is 13.0 Å². The molecule has 0 radical (unpaired) electrons. The third-order valence-corrected chi connectivity index (χ3v) is 5.90. The minimum Gasteiger partial charge on any atom is -0.497 e. The molecule has 2 aromatic carbocycles. The van der Waals surface area contributed by atoms with Gasteiger partial charge >= 0.3 is 0 Å². The zero-order chi connectivity index (χ0) is 19.3. The summed E-state index contributed by atoms with van der Waals surface area (Å²) in [7, 11) is 1.65. The van der Waals surface area contributed by atoms with Gasteiger partial charge in [-0.1, -0.05) is 54.2 Å². The summed E-state index contributed by atoms with van der Waals surface area (Å²) in [6.45, 7) is 1.46. The number of methoxy groups -OCH3 is 1. The van der Waals surface area contributed by atoms with E-state index in [1.54, 1.807) is 18.9 Å². The highest BCUT2D eigenvalue weighted by atomic mass is 32.2. The van der Waals surface area contributed by atoms with Crippen molar-refractivity contribution in [2.45, 2.75) is 30.6 Å². The van der Waals surface area contributed by atoms with Crippen LogP contribution >= 0.6 is 11.8 Å². The number of imidazole rings is 1. The summed E-state index contributed by atoms with van der Waals surface area (Å²) in [5.41, 5.74) is 3.14. The molecule has 0 spiro atoms. The van der Waals surface area contributed by atoms with Gasteiger partial charge < -0.3 is 14.6 Å². The van der Waals surface area contributed by atoms with Crippen molar-refractivity contribution >= 4 is 17.7 Å². The number of ether oxygens (including phenoxy) is 1. The number of thioether (sulfide) groups is 1. The molecule has 0 saturated carbocycles. The molecule has 0 saturated heterocycles. The monoisotopic (exact) mass is 393 g/mol. The van der Waals surface area contributed by atoms with Gasteiger partial charge in [0.15, 0.2) is 5.16 Å². The van der Waals surface area contributed by atoms with Crippen LogP contribution in [0.15, 0.2) is 66.0 Å². The van der Waals surface area contributed by atoms with Crippen molar-refractivity contribution in [1.29, 1.82) is 0 Å². The number of rotatable bonds is 7. The van der Waals surface area contributed by atoms with Gasteiger partial charge in [0.05, 0.1) is 19.3 Å². The van der Waals surface area contributed by atoms with Crippen LogP contribution in [0.25, 0.3) is 0 Å². The molecule has 1 aliphatic rings. The van der Waals surface area contributed by atoms with Crippen molar-refractivity contribution < 1.29 is 9.53 Å². The predicted molar refractivity (Wildman–Crippen MR) is 111 cm³/mol. The van der Waals surface area contributed by atoms with Crippen LogP contribution in [0.5, 0.6) is 5.75 Å². The first-order chi connectivity index (χ1) is 13.7. The molecule has 1 N–H and O–H groups in total. The highest BCUT2D eigenvalue weighted by Crippen LogP contribution is 2.29. The van der Waals surface area contributed by atoms with E-state index >= 15 is 0 Å². The number of nitrogens with one attached hydrogen (secondary N) is 1. The van der Waals surface area contributed by atoms with Crippen molar-refractivity contribution in [2.75, 3.05) is 12.9 Å². The molecule has 1 aromatic heterocycles. The fraction of sp³-hybridized carbons (Fsp3) is 0.273. The molecular weight excluding hydrogens is 370 g/mol. The second kappa shape index (κ2) is 8.52. The number of carbonyl (C=O) groups excluding carboxylic acids is 1. The van der Waals surface area contributed by atoms with E-state index in [2.05, 4.69) is 27.0 Å².